The molecule has 2 unspecified atom stereocenters. The lowest BCUT2D eigenvalue weighted by molar-refractivity contribution is 0.149. The van der Waals surface area contributed by atoms with Crippen molar-refractivity contribution in [1.82, 2.24) is 15.5 Å². The van der Waals surface area contributed by atoms with E-state index in [0.29, 0.717) is 6.04 Å². The standard InChI is InChI=1S/C10H23N3/c1-4-9(2)13-6-5-12-10(8-13)7-11-3/h9-12H,4-8H2,1-3H3. The van der Waals surface area contributed by atoms with Crippen LogP contribution in [0.2, 0.25) is 0 Å². The van der Waals surface area contributed by atoms with Gasteiger partial charge in [0.2, 0.25) is 0 Å². The summed E-state index contributed by atoms with van der Waals surface area (Å²) in [5.41, 5.74) is 0. The smallest absolute Gasteiger partial charge is 0.0320 e. The van der Waals surface area contributed by atoms with Crippen molar-refractivity contribution in [3.8, 4) is 0 Å². The topological polar surface area (TPSA) is 27.3 Å². The molecular weight excluding hydrogens is 162 g/mol. The number of hydrogen-bond acceptors (Lipinski definition) is 3. The highest BCUT2D eigenvalue weighted by atomic mass is 15.2. The minimum atomic E-state index is 0.632. The van der Waals surface area contributed by atoms with Gasteiger partial charge in [-0.3, -0.25) is 4.90 Å². The van der Waals surface area contributed by atoms with Crippen LogP contribution in [0.1, 0.15) is 20.3 Å². The third kappa shape index (κ3) is 3.25. The maximum atomic E-state index is 3.52. The summed E-state index contributed by atoms with van der Waals surface area (Å²) in [5, 5.41) is 6.75. The summed E-state index contributed by atoms with van der Waals surface area (Å²) in [5.74, 6) is 0. The molecule has 0 aromatic heterocycles. The average molecular weight is 185 g/mol. The number of hydrogen-bond donors (Lipinski definition) is 2. The van der Waals surface area contributed by atoms with Crippen LogP contribution in [0.25, 0.3) is 0 Å². The molecule has 3 heteroatoms. The normalized spacial score (nSPS) is 27.5. The first kappa shape index (κ1) is 11.0. The second-order valence-corrected chi connectivity index (χ2v) is 3.96. The summed E-state index contributed by atoms with van der Waals surface area (Å²) in [4.78, 5) is 2.58. The average Bonchev–Trinajstić information content (AvgIpc) is 2.18. The van der Waals surface area contributed by atoms with Gasteiger partial charge in [-0.05, 0) is 20.4 Å². The highest BCUT2D eigenvalue weighted by Gasteiger charge is 2.21. The molecule has 13 heavy (non-hydrogen) atoms. The molecule has 0 aromatic carbocycles. The SMILES string of the molecule is CCC(C)N1CCNC(CNC)C1. The fraction of sp³-hybridized carbons (Fsp3) is 1.00. The molecule has 0 spiro atoms. The Labute approximate surface area is 81.9 Å². The van der Waals surface area contributed by atoms with E-state index < -0.39 is 0 Å². The summed E-state index contributed by atoms with van der Waals surface area (Å²) < 4.78 is 0. The molecule has 1 aliphatic heterocycles. The summed E-state index contributed by atoms with van der Waals surface area (Å²) in [6.45, 7) is 9.19. The zero-order valence-electron chi connectivity index (χ0n) is 9.14. The van der Waals surface area contributed by atoms with Gasteiger partial charge in [-0.15, -0.1) is 0 Å². The monoisotopic (exact) mass is 185 g/mol. The summed E-state index contributed by atoms with van der Waals surface area (Å²) in [6, 6.07) is 1.37. The first-order chi connectivity index (χ1) is 6.27. The van der Waals surface area contributed by atoms with Gasteiger partial charge in [0, 0.05) is 38.3 Å². The lowest BCUT2D eigenvalue weighted by Gasteiger charge is -2.37. The van der Waals surface area contributed by atoms with E-state index in [2.05, 4.69) is 29.4 Å². The predicted molar refractivity (Wildman–Crippen MR) is 57.0 cm³/mol. The summed E-state index contributed by atoms with van der Waals surface area (Å²) in [6.07, 6.45) is 1.26. The molecule has 78 valence electrons. The van der Waals surface area contributed by atoms with Gasteiger partial charge in [0.15, 0.2) is 0 Å². The Bertz CT molecular complexity index is 136. The molecule has 1 fully saturated rings. The van der Waals surface area contributed by atoms with Gasteiger partial charge in [-0.2, -0.15) is 0 Å². The maximum Gasteiger partial charge on any atom is 0.0320 e. The second kappa shape index (κ2) is 5.58. The highest BCUT2D eigenvalue weighted by Crippen LogP contribution is 2.06. The van der Waals surface area contributed by atoms with E-state index in [1.165, 1.54) is 19.5 Å². The molecule has 0 bridgehead atoms. The molecule has 0 saturated carbocycles. The van der Waals surface area contributed by atoms with Crippen LogP contribution in [0.15, 0.2) is 0 Å². The third-order valence-corrected chi connectivity index (χ3v) is 2.95. The molecule has 1 rings (SSSR count). The van der Waals surface area contributed by atoms with Crippen molar-refractivity contribution in [2.45, 2.75) is 32.4 Å². The minimum Gasteiger partial charge on any atom is -0.318 e. The van der Waals surface area contributed by atoms with Crippen LogP contribution in [0, 0.1) is 0 Å². The number of piperazine rings is 1. The van der Waals surface area contributed by atoms with Crippen molar-refractivity contribution in [3.05, 3.63) is 0 Å². The molecule has 0 amide bonds. The van der Waals surface area contributed by atoms with Gasteiger partial charge >= 0.3 is 0 Å². The van der Waals surface area contributed by atoms with Gasteiger partial charge in [-0.25, -0.2) is 0 Å². The van der Waals surface area contributed by atoms with Crippen molar-refractivity contribution in [3.63, 3.8) is 0 Å². The number of rotatable bonds is 4. The maximum absolute atomic E-state index is 3.52. The fourth-order valence-corrected chi connectivity index (χ4v) is 1.89. The molecule has 3 nitrogen and oxygen atoms in total. The molecule has 0 radical (unpaired) electrons. The van der Waals surface area contributed by atoms with Crippen molar-refractivity contribution in [2.24, 2.45) is 0 Å². The van der Waals surface area contributed by atoms with E-state index in [0.717, 1.165) is 19.1 Å². The lowest BCUT2D eigenvalue weighted by atomic mass is 10.1. The van der Waals surface area contributed by atoms with Crippen LogP contribution in [0.4, 0.5) is 0 Å². The van der Waals surface area contributed by atoms with Crippen LogP contribution in [0.5, 0.6) is 0 Å². The Morgan fingerprint density at radius 1 is 1.62 bits per heavy atom. The van der Waals surface area contributed by atoms with E-state index in [1.54, 1.807) is 0 Å². The quantitative estimate of drug-likeness (QED) is 0.659. The third-order valence-electron chi connectivity index (χ3n) is 2.95. The second-order valence-electron chi connectivity index (χ2n) is 3.96. The zero-order valence-corrected chi connectivity index (χ0v) is 9.14. The van der Waals surface area contributed by atoms with Gasteiger partial charge < -0.3 is 10.6 Å². The first-order valence-electron chi connectivity index (χ1n) is 5.40. The molecule has 0 aromatic rings. The van der Waals surface area contributed by atoms with Gasteiger partial charge in [0.1, 0.15) is 0 Å². The molecule has 1 aliphatic rings. The van der Waals surface area contributed by atoms with Crippen molar-refractivity contribution in [1.29, 1.82) is 0 Å². The largest absolute Gasteiger partial charge is 0.318 e. The van der Waals surface area contributed by atoms with Crippen molar-refractivity contribution >= 4 is 0 Å². The Hall–Kier alpha value is -0.120. The van der Waals surface area contributed by atoms with Crippen LogP contribution >= 0.6 is 0 Å². The van der Waals surface area contributed by atoms with E-state index in [-0.39, 0.29) is 0 Å². The molecule has 1 saturated heterocycles. The van der Waals surface area contributed by atoms with Crippen LogP contribution in [-0.4, -0.2) is 50.2 Å². The number of likely N-dealkylation sites (N-methyl/N-ethyl adjacent to an activating group) is 1. The van der Waals surface area contributed by atoms with E-state index >= 15 is 0 Å². The molecule has 2 N–H and O–H groups in total. The molecule has 0 aliphatic carbocycles. The van der Waals surface area contributed by atoms with E-state index in [1.807, 2.05) is 7.05 Å². The Morgan fingerprint density at radius 3 is 3.00 bits per heavy atom. The number of nitrogens with zero attached hydrogens (tertiary/aromatic N) is 1. The van der Waals surface area contributed by atoms with Gasteiger partial charge in [-0.1, -0.05) is 6.92 Å². The summed E-state index contributed by atoms with van der Waals surface area (Å²) in [7, 11) is 2.02. The van der Waals surface area contributed by atoms with Crippen molar-refractivity contribution < 1.29 is 0 Å². The summed E-state index contributed by atoms with van der Waals surface area (Å²) >= 11 is 0. The lowest BCUT2D eigenvalue weighted by Crippen LogP contribution is -2.56. The Balaban J connectivity index is 2.32. The minimum absolute atomic E-state index is 0.632. The zero-order chi connectivity index (χ0) is 9.68. The van der Waals surface area contributed by atoms with E-state index in [4.69, 9.17) is 0 Å². The van der Waals surface area contributed by atoms with Crippen LogP contribution in [0.3, 0.4) is 0 Å². The van der Waals surface area contributed by atoms with Crippen LogP contribution < -0.4 is 10.6 Å². The van der Waals surface area contributed by atoms with E-state index in [9.17, 15) is 0 Å². The van der Waals surface area contributed by atoms with Gasteiger partial charge in [0.25, 0.3) is 0 Å². The molecule has 1 heterocycles. The number of nitrogens with one attached hydrogen (secondary N) is 2. The molecule has 2 atom stereocenters. The van der Waals surface area contributed by atoms with Gasteiger partial charge in [0.05, 0.1) is 0 Å². The Morgan fingerprint density at radius 2 is 2.38 bits per heavy atom. The fourth-order valence-electron chi connectivity index (χ4n) is 1.89. The highest BCUT2D eigenvalue weighted by molar-refractivity contribution is 4.82. The molecular formula is C10H23N3. The van der Waals surface area contributed by atoms with Crippen LogP contribution in [-0.2, 0) is 0 Å². The van der Waals surface area contributed by atoms with Crippen molar-refractivity contribution in [2.75, 3.05) is 33.2 Å². The first-order valence-corrected chi connectivity index (χ1v) is 5.40. The predicted octanol–water partition coefficient (Wildman–Crippen LogP) is 0.278. The Kier molecular flexibility index (Phi) is 4.70.